The molecule has 41 heavy (non-hydrogen) atoms. The second-order valence-corrected chi connectivity index (χ2v) is 9.47. The summed E-state index contributed by atoms with van der Waals surface area (Å²) in [4.78, 5) is 45.3. The van der Waals surface area contributed by atoms with Gasteiger partial charge in [-0.15, -0.1) is 4.57 Å². The van der Waals surface area contributed by atoms with Gasteiger partial charge in [-0.3, -0.25) is 19.3 Å². The van der Waals surface area contributed by atoms with Gasteiger partial charge >= 0.3 is 17.3 Å². The maximum atomic E-state index is 14.0. The fraction of sp³-hybridized carbons (Fsp3) is 0.300. The molecule has 5 aromatic rings. The molecular weight excluding hydrogens is 522 g/mol. The number of aryl methyl sites for hydroxylation is 2. The molecular formula is C30H32N7O4+. The Bertz CT molecular complexity index is 1740. The molecule has 11 nitrogen and oxygen atoms in total. The van der Waals surface area contributed by atoms with E-state index in [1.165, 1.54) is 0 Å². The molecule has 0 bridgehead atoms. The summed E-state index contributed by atoms with van der Waals surface area (Å²) < 4.78 is 11.7. The Balaban J connectivity index is 1.52. The highest BCUT2D eigenvalue weighted by molar-refractivity contribution is 5.78. The molecule has 1 aromatic carbocycles. The largest absolute Gasteiger partial charge is 0.488 e. The molecule has 5 rings (SSSR count). The molecule has 0 aliphatic heterocycles. The lowest BCUT2D eigenvalue weighted by atomic mass is 10.0. The predicted octanol–water partition coefficient (Wildman–Crippen LogP) is 3.74. The number of pyridine rings is 1. The summed E-state index contributed by atoms with van der Waals surface area (Å²) in [5, 5.41) is 3.82. The summed E-state index contributed by atoms with van der Waals surface area (Å²) in [6, 6.07) is 11.3. The summed E-state index contributed by atoms with van der Waals surface area (Å²) in [5.74, 6) is 1.34. The standard InChI is InChI=1S/C30H31N7O4/c1-4-7-12-25-23(28(38)37(26(5-2)34-25)29-32-17-20(18-33-29)40-6-3)15-19-13-14-24(31-16-19)21-10-8-9-11-22(21)27-35-30(39)41-36-27/h8-11,13-14,16-18H,4-7,12,15H2,1-3H3,(H,35,36,39)/p+1. The minimum atomic E-state index is -0.622. The Morgan fingerprint density at radius 3 is 2.49 bits per heavy atom. The smallest absolute Gasteiger partial charge is 0.439 e. The zero-order valence-corrected chi connectivity index (χ0v) is 23.3. The van der Waals surface area contributed by atoms with Crippen LogP contribution in [0.15, 0.2) is 69.1 Å². The monoisotopic (exact) mass is 554 g/mol. The van der Waals surface area contributed by atoms with E-state index >= 15 is 0 Å². The van der Waals surface area contributed by atoms with Crippen LogP contribution in [0, 0.1) is 0 Å². The molecule has 0 fully saturated rings. The second kappa shape index (κ2) is 12.5. The maximum Gasteiger partial charge on any atom is 0.439 e. The number of H-pyrrole nitrogens is 2. The van der Waals surface area contributed by atoms with Crippen LogP contribution in [0.1, 0.15) is 56.3 Å². The topological polar surface area (TPSA) is 143 Å². The quantitative estimate of drug-likeness (QED) is 0.260. The van der Waals surface area contributed by atoms with Gasteiger partial charge in [-0.05, 0) is 31.4 Å². The zero-order chi connectivity index (χ0) is 28.8. The summed E-state index contributed by atoms with van der Waals surface area (Å²) in [5.41, 5.74) is 4.33. The van der Waals surface area contributed by atoms with Gasteiger partial charge in [0.15, 0.2) is 23.6 Å². The van der Waals surface area contributed by atoms with Gasteiger partial charge in [0, 0.05) is 30.2 Å². The number of ether oxygens (including phenoxy) is 1. The summed E-state index contributed by atoms with van der Waals surface area (Å²) >= 11 is 0. The number of hydrogen-bond acceptors (Lipinski definition) is 8. The number of hydrogen-bond donors (Lipinski definition) is 1. The Hall–Kier alpha value is -4.93. The first-order valence-electron chi connectivity index (χ1n) is 13.8. The SMILES string of the molecule is CCCCc1nc(CC)n(-c2ncc(OCC)c[nH+]2)c(=O)c1Cc1ccc(-c2ccccc2-c2noc(=O)[nH]2)nc1. The van der Waals surface area contributed by atoms with Gasteiger partial charge in [0.25, 0.3) is 0 Å². The van der Waals surface area contributed by atoms with Crippen LogP contribution in [0.4, 0.5) is 0 Å². The van der Waals surface area contributed by atoms with Gasteiger partial charge in [0.05, 0.1) is 23.6 Å². The van der Waals surface area contributed by atoms with Crippen LogP contribution < -0.4 is 21.0 Å². The third-order valence-corrected chi connectivity index (χ3v) is 6.70. The van der Waals surface area contributed by atoms with Crippen LogP contribution in [0.3, 0.4) is 0 Å². The second-order valence-electron chi connectivity index (χ2n) is 9.47. The number of rotatable bonds is 11. The van der Waals surface area contributed by atoms with Crippen molar-refractivity contribution in [1.29, 1.82) is 0 Å². The van der Waals surface area contributed by atoms with Crippen molar-refractivity contribution >= 4 is 0 Å². The minimum absolute atomic E-state index is 0.153. The van der Waals surface area contributed by atoms with Crippen molar-refractivity contribution < 1.29 is 14.2 Å². The Labute approximate surface area is 236 Å². The third-order valence-electron chi connectivity index (χ3n) is 6.70. The van der Waals surface area contributed by atoms with Crippen LogP contribution in [0.5, 0.6) is 5.75 Å². The molecule has 11 heteroatoms. The molecule has 4 heterocycles. The van der Waals surface area contributed by atoms with Gasteiger partial charge in [0.2, 0.25) is 0 Å². The molecule has 0 saturated heterocycles. The van der Waals surface area contributed by atoms with Crippen LogP contribution in [0.2, 0.25) is 0 Å². The van der Waals surface area contributed by atoms with E-state index in [4.69, 9.17) is 9.72 Å². The highest BCUT2D eigenvalue weighted by atomic mass is 16.5. The highest BCUT2D eigenvalue weighted by Crippen LogP contribution is 2.28. The van der Waals surface area contributed by atoms with E-state index in [1.807, 2.05) is 50.2 Å². The lowest BCUT2D eigenvalue weighted by Gasteiger charge is -2.12. The van der Waals surface area contributed by atoms with Crippen LogP contribution in [-0.2, 0) is 19.3 Å². The van der Waals surface area contributed by atoms with E-state index < -0.39 is 5.76 Å². The molecule has 0 unspecified atom stereocenters. The van der Waals surface area contributed by atoms with E-state index in [2.05, 4.69) is 36.5 Å². The summed E-state index contributed by atoms with van der Waals surface area (Å²) in [6.45, 7) is 6.52. The fourth-order valence-corrected chi connectivity index (χ4v) is 4.69. The van der Waals surface area contributed by atoms with Crippen molar-refractivity contribution in [3.8, 4) is 34.3 Å². The van der Waals surface area contributed by atoms with Crippen molar-refractivity contribution in [2.75, 3.05) is 6.61 Å². The van der Waals surface area contributed by atoms with Crippen molar-refractivity contribution in [1.82, 2.24) is 29.7 Å². The van der Waals surface area contributed by atoms with Gasteiger partial charge < -0.3 is 4.74 Å². The molecule has 210 valence electrons. The first-order valence-corrected chi connectivity index (χ1v) is 13.8. The van der Waals surface area contributed by atoms with Gasteiger partial charge in [-0.25, -0.2) is 14.8 Å². The number of aromatic nitrogens is 7. The number of unbranched alkanes of at least 4 members (excludes halogenated alkanes) is 1. The third kappa shape index (κ3) is 5.98. The maximum absolute atomic E-state index is 14.0. The first kappa shape index (κ1) is 27.6. The van der Waals surface area contributed by atoms with E-state index in [9.17, 15) is 9.59 Å². The molecule has 0 radical (unpaired) electrons. The minimum Gasteiger partial charge on any atom is -0.488 e. The lowest BCUT2D eigenvalue weighted by molar-refractivity contribution is -0.379. The highest BCUT2D eigenvalue weighted by Gasteiger charge is 2.24. The fourth-order valence-electron chi connectivity index (χ4n) is 4.69. The van der Waals surface area contributed by atoms with Crippen LogP contribution >= 0.6 is 0 Å². The lowest BCUT2D eigenvalue weighted by Crippen LogP contribution is -2.33. The van der Waals surface area contributed by atoms with E-state index in [-0.39, 0.29) is 5.56 Å². The van der Waals surface area contributed by atoms with Crippen LogP contribution in [-0.4, -0.2) is 36.3 Å². The summed E-state index contributed by atoms with van der Waals surface area (Å²) in [6.07, 6.45) is 8.63. The zero-order valence-electron chi connectivity index (χ0n) is 23.3. The molecule has 0 aliphatic carbocycles. The molecule has 0 amide bonds. The Morgan fingerprint density at radius 1 is 1.02 bits per heavy atom. The van der Waals surface area contributed by atoms with Crippen LogP contribution in [0.25, 0.3) is 28.6 Å². The summed E-state index contributed by atoms with van der Waals surface area (Å²) in [7, 11) is 0. The Morgan fingerprint density at radius 2 is 1.85 bits per heavy atom. The van der Waals surface area contributed by atoms with E-state index in [0.29, 0.717) is 66.0 Å². The molecule has 2 N–H and O–H groups in total. The van der Waals surface area contributed by atoms with Gasteiger partial charge in [0.1, 0.15) is 6.20 Å². The number of benzene rings is 1. The van der Waals surface area contributed by atoms with Gasteiger partial charge in [-0.2, -0.15) is 0 Å². The molecule has 0 aliphatic rings. The van der Waals surface area contributed by atoms with Crippen molar-refractivity contribution in [3.05, 3.63) is 98.5 Å². The normalized spacial score (nSPS) is 11.1. The Kier molecular flexibility index (Phi) is 8.42. The van der Waals surface area contributed by atoms with Crippen molar-refractivity contribution in [2.45, 2.75) is 52.9 Å². The number of nitrogens with zero attached hydrogens (tertiary/aromatic N) is 5. The first-order chi connectivity index (χ1) is 20.0. The number of nitrogens with one attached hydrogen (secondary N) is 2. The number of aromatic amines is 2. The molecule has 0 atom stereocenters. The predicted molar refractivity (Wildman–Crippen MR) is 152 cm³/mol. The van der Waals surface area contributed by atoms with Crippen molar-refractivity contribution in [2.24, 2.45) is 0 Å². The van der Waals surface area contributed by atoms with E-state index in [0.717, 1.165) is 29.7 Å². The average Bonchev–Trinajstić information content (AvgIpc) is 3.44. The molecule has 0 saturated carbocycles. The average molecular weight is 555 g/mol. The van der Waals surface area contributed by atoms with E-state index in [1.54, 1.807) is 23.2 Å². The molecule has 4 aromatic heterocycles. The van der Waals surface area contributed by atoms with Gasteiger partial charge in [-0.1, -0.05) is 60.7 Å². The van der Waals surface area contributed by atoms with Crippen molar-refractivity contribution in [3.63, 3.8) is 0 Å². The molecule has 0 spiro atoms.